The van der Waals surface area contributed by atoms with Gasteiger partial charge in [0, 0.05) is 25.1 Å². The molecule has 0 N–H and O–H groups in total. The summed E-state index contributed by atoms with van der Waals surface area (Å²) in [4.78, 5) is 1.77. The van der Waals surface area contributed by atoms with Crippen LogP contribution in [0.1, 0.15) is 17.5 Å². The molecule has 1 aliphatic rings. The fourth-order valence-electron chi connectivity index (χ4n) is 2.17. The van der Waals surface area contributed by atoms with Crippen LogP contribution in [0.4, 0.5) is 8.78 Å². The average Bonchev–Trinajstić information content (AvgIpc) is 2.61. The second-order valence-corrected chi connectivity index (χ2v) is 4.63. The van der Waals surface area contributed by atoms with Gasteiger partial charge in [0.1, 0.15) is 5.75 Å². The van der Waals surface area contributed by atoms with Crippen molar-refractivity contribution in [1.29, 1.82) is 0 Å². The van der Waals surface area contributed by atoms with Gasteiger partial charge >= 0.3 is 0 Å². The summed E-state index contributed by atoms with van der Waals surface area (Å²) >= 11 is 0. The number of halogens is 2. The van der Waals surface area contributed by atoms with Crippen molar-refractivity contribution >= 4 is 0 Å². The van der Waals surface area contributed by atoms with Crippen LogP contribution in [0.3, 0.4) is 0 Å². The fourth-order valence-corrected chi connectivity index (χ4v) is 2.17. The summed E-state index contributed by atoms with van der Waals surface area (Å²) in [6.07, 6.45) is -0.0405. The number of benzene rings is 1. The van der Waals surface area contributed by atoms with E-state index in [1.165, 1.54) is 0 Å². The summed E-state index contributed by atoms with van der Waals surface area (Å²) in [6, 6.07) is 5.86. The molecule has 0 saturated carbocycles. The van der Waals surface area contributed by atoms with Crippen molar-refractivity contribution in [2.45, 2.75) is 25.8 Å². The van der Waals surface area contributed by atoms with Gasteiger partial charge in [-0.05, 0) is 18.6 Å². The maximum Gasteiger partial charge on any atom is 0.261 e. The van der Waals surface area contributed by atoms with Crippen LogP contribution in [-0.2, 0) is 6.54 Å². The minimum atomic E-state index is -2.53. The first-order valence-electron chi connectivity index (χ1n) is 5.74. The minimum absolute atomic E-state index is 0.0405. The van der Waals surface area contributed by atoms with Crippen molar-refractivity contribution in [2.75, 3.05) is 20.2 Å². The van der Waals surface area contributed by atoms with Crippen molar-refractivity contribution < 1.29 is 13.5 Å². The van der Waals surface area contributed by atoms with Crippen LogP contribution < -0.4 is 4.74 Å². The first-order valence-corrected chi connectivity index (χ1v) is 5.74. The van der Waals surface area contributed by atoms with Crippen LogP contribution in [0.15, 0.2) is 18.2 Å². The predicted molar refractivity (Wildman–Crippen MR) is 62.6 cm³/mol. The fraction of sp³-hybridized carbons (Fsp3) is 0.538. The number of aryl methyl sites for hydroxylation is 1. The molecule has 1 fully saturated rings. The molecule has 1 aromatic rings. The quantitative estimate of drug-likeness (QED) is 0.806. The van der Waals surface area contributed by atoms with E-state index in [-0.39, 0.29) is 13.0 Å². The van der Waals surface area contributed by atoms with Crippen molar-refractivity contribution in [3.05, 3.63) is 29.3 Å². The van der Waals surface area contributed by atoms with Gasteiger partial charge in [0.15, 0.2) is 0 Å². The molecule has 2 nitrogen and oxygen atoms in total. The van der Waals surface area contributed by atoms with E-state index >= 15 is 0 Å². The van der Waals surface area contributed by atoms with Gasteiger partial charge in [-0.3, -0.25) is 4.90 Å². The van der Waals surface area contributed by atoms with Gasteiger partial charge in [-0.1, -0.05) is 12.1 Å². The van der Waals surface area contributed by atoms with Gasteiger partial charge in [-0.25, -0.2) is 8.78 Å². The van der Waals surface area contributed by atoms with Gasteiger partial charge in [0.05, 0.1) is 13.7 Å². The zero-order chi connectivity index (χ0) is 12.5. The number of alkyl halides is 2. The number of rotatable bonds is 3. The lowest BCUT2D eigenvalue weighted by Crippen LogP contribution is -2.25. The Hall–Kier alpha value is -1.16. The van der Waals surface area contributed by atoms with E-state index in [2.05, 4.69) is 0 Å². The van der Waals surface area contributed by atoms with E-state index in [0.29, 0.717) is 13.1 Å². The van der Waals surface area contributed by atoms with Crippen LogP contribution in [0, 0.1) is 6.92 Å². The standard InChI is InChI=1S/C13H17F2NO/c1-10-3-4-11(12(7-10)17-2)8-16-6-5-13(14,15)9-16/h3-4,7H,5-6,8-9H2,1-2H3. The summed E-state index contributed by atoms with van der Waals surface area (Å²) in [5, 5.41) is 0. The smallest absolute Gasteiger partial charge is 0.261 e. The third-order valence-electron chi connectivity index (χ3n) is 3.09. The topological polar surface area (TPSA) is 12.5 Å². The molecular weight excluding hydrogens is 224 g/mol. The average molecular weight is 241 g/mol. The van der Waals surface area contributed by atoms with E-state index in [4.69, 9.17) is 4.74 Å². The summed E-state index contributed by atoms with van der Waals surface area (Å²) in [5.41, 5.74) is 2.08. The summed E-state index contributed by atoms with van der Waals surface area (Å²) < 4.78 is 31.4. The van der Waals surface area contributed by atoms with Gasteiger partial charge < -0.3 is 4.74 Å². The molecule has 0 spiro atoms. The molecule has 0 bridgehead atoms. The predicted octanol–water partition coefficient (Wildman–Crippen LogP) is 2.84. The number of ether oxygens (including phenoxy) is 1. The number of hydrogen-bond donors (Lipinski definition) is 0. The molecule has 17 heavy (non-hydrogen) atoms. The highest BCUT2D eigenvalue weighted by atomic mass is 19.3. The number of likely N-dealkylation sites (tertiary alicyclic amines) is 1. The highest BCUT2D eigenvalue weighted by molar-refractivity contribution is 5.37. The maximum atomic E-state index is 13.1. The Morgan fingerprint density at radius 3 is 2.76 bits per heavy atom. The Bertz CT molecular complexity index is 406. The zero-order valence-electron chi connectivity index (χ0n) is 10.2. The largest absolute Gasteiger partial charge is 0.496 e. The van der Waals surface area contributed by atoms with Gasteiger partial charge in [0.2, 0.25) is 0 Å². The first-order chi connectivity index (χ1) is 8.00. The van der Waals surface area contributed by atoms with Crippen molar-refractivity contribution in [2.24, 2.45) is 0 Å². The van der Waals surface area contributed by atoms with Crippen molar-refractivity contribution in [3.8, 4) is 5.75 Å². The van der Waals surface area contributed by atoms with Crippen LogP contribution >= 0.6 is 0 Å². The van der Waals surface area contributed by atoms with Crippen LogP contribution in [0.25, 0.3) is 0 Å². The monoisotopic (exact) mass is 241 g/mol. The zero-order valence-corrected chi connectivity index (χ0v) is 10.2. The first kappa shape index (κ1) is 12.3. The van der Waals surface area contributed by atoms with Crippen LogP contribution in [0.5, 0.6) is 5.75 Å². The SMILES string of the molecule is COc1cc(C)ccc1CN1CCC(F)(F)C1. The molecule has 1 aliphatic heterocycles. The van der Waals surface area contributed by atoms with Crippen LogP contribution in [-0.4, -0.2) is 31.0 Å². The lowest BCUT2D eigenvalue weighted by Gasteiger charge is -2.17. The number of hydrogen-bond acceptors (Lipinski definition) is 2. The molecular formula is C13H17F2NO. The number of nitrogens with zero attached hydrogens (tertiary/aromatic N) is 1. The molecule has 0 aliphatic carbocycles. The highest BCUT2D eigenvalue weighted by Crippen LogP contribution is 2.29. The second kappa shape index (κ2) is 4.61. The van der Waals surface area contributed by atoms with Gasteiger partial charge in [0.25, 0.3) is 5.92 Å². The van der Waals surface area contributed by atoms with Crippen LogP contribution in [0.2, 0.25) is 0 Å². The lowest BCUT2D eigenvalue weighted by atomic mass is 10.1. The van der Waals surface area contributed by atoms with E-state index in [0.717, 1.165) is 16.9 Å². The molecule has 0 aromatic heterocycles. The molecule has 1 saturated heterocycles. The Morgan fingerprint density at radius 1 is 1.41 bits per heavy atom. The van der Waals surface area contributed by atoms with Crippen molar-refractivity contribution in [1.82, 2.24) is 4.90 Å². The summed E-state index contributed by atoms with van der Waals surface area (Å²) in [7, 11) is 1.61. The second-order valence-electron chi connectivity index (χ2n) is 4.63. The third-order valence-corrected chi connectivity index (χ3v) is 3.09. The molecule has 2 rings (SSSR count). The van der Waals surface area contributed by atoms with Gasteiger partial charge in [-0.2, -0.15) is 0 Å². The number of methoxy groups -OCH3 is 1. The van der Waals surface area contributed by atoms with E-state index in [1.807, 2.05) is 25.1 Å². The Kier molecular flexibility index (Phi) is 3.33. The molecule has 0 atom stereocenters. The third kappa shape index (κ3) is 2.94. The highest BCUT2D eigenvalue weighted by Gasteiger charge is 2.38. The van der Waals surface area contributed by atoms with E-state index in [9.17, 15) is 8.78 Å². The molecule has 1 heterocycles. The molecule has 4 heteroatoms. The lowest BCUT2D eigenvalue weighted by molar-refractivity contribution is 0.0114. The van der Waals surface area contributed by atoms with Crippen molar-refractivity contribution in [3.63, 3.8) is 0 Å². The molecule has 0 amide bonds. The molecule has 94 valence electrons. The minimum Gasteiger partial charge on any atom is -0.496 e. The maximum absolute atomic E-state index is 13.1. The van der Waals surface area contributed by atoms with E-state index in [1.54, 1.807) is 12.0 Å². The molecule has 0 unspecified atom stereocenters. The summed E-state index contributed by atoms with van der Waals surface area (Å²) in [5.74, 6) is -1.75. The van der Waals surface area contributed by atoms with Gasteiger partial charge in [-0.15, -0.1) is 0 Å². The van der Waals surface area contributed by atoms with E-state index < -0.39 is 5.92 Å². The summed E-state index contributed by atoms with van der Waals surface area (Å²) in [6.45, 7) is 2.81. The molecule has 0 radical (unpaired) electrons. The Morgan fingerprint density at radius 2 is 2.18 bits per heavy atom. The Labute approximate surface area is 100 Å². The Balaban J connectivity index is 2.09. The molecule has 1 aromatic carbocycles. The normalized spacial score (nSPS) is 19.5.